The van der Waals surface area contributed by atoms with Crippen molar-refractivity contribution in [3.63, 3.8) is 0 Å². The van der Waals surface area contributed by atoms with Gasteiger partial charge in [-0.1, -0.05) is 0 Å². The first-order chi connectivity index (χ1) is 5.84. The van der Waals surface area contributed by atoms with Crippen molar-refractivity contribution in [1.29, 1.82) is 0 Å². The molecule has 1 rings (SSSR count). The van der Waals surface area contributed by atoms with Crippen molar-refractivity contribution in [2.24, 2.45) is 0 Å². The number of ether oxygens (including phenoxy) is 1. The summed E-state index contributed by atoms with van der Waals surface area (Å²) in [7, 11) is 1.69. The third kappa shape index (κ3) is 2.43. The van der Waals surface area contributed by atoms with E-state index in [2.05, 4.69) is 15.5 Å². The highest BCUT2D eigenvalue weighted by atomic mass is 16.5. The summed E-state index contributed by atoms with van der Waals surface area (Å²) in [4.78, 5) is 0. The number of hydrogen-bond acceptors (Lipinski definition) is 4. The topological polar surface area (TPSA) is 76.0 Å². The van der Waals surface area contributed by atoms with Crippen LogP contribution in [0.4, 0.5) is 11.5 Å². The number of hydrogen-bond donors (Lipinski definition) is 3. The lowest BCUT2D eigenvalue weighted by atomic mass is 10.4. The predicted molar refractivity (Wildman–Crippen MR) is 48.0 cm³/mol. The lowest BCUT2D eigenvalue weighted by Gasteiger charge is -2.02. The molecule has 0 saturated heterocycles. The molecule has 0 aliphatic carbocycles. The largest absolute Gasteiger partial charge is 0.385 e. The number of nitrogens with two attached hydrogens (primary N) is 1. The smallest absolute Gasteiger partial charge is 0.142 e. The van der Waals surface area contributed by atoms with Gasteiger partial charge in [0.25, 0.3) is 0 Å². The molecular formula is C7H14N4O. The van der Waals surface area contributed by atoms with E-state index in [1.54, 1.807) is 13.3 Å². The third-order valence-corrected chi connectivity index (χ3v) is 1.51. The van der Waals surface area contributed by atoms with Gasteiger partial charge in [-0.3, -0.25) is 5.10 Å². The minimum Gasteiger partial charge on any atom is -0.385 e. The molecule has 4 N–H and O–H groups in total. The van der Waals surface area contributed by atoms with Crippen LogP contribution in [0.2, 0.25) is 0 Å². The van der Waals surface area contributed by atoms with Gasteiger partial charge in [-0.2, -0.15) is 5.10 Å². The van der Waals surface area contributed by atoms with E-state index in [4.69, 9.17) is 10.5 Å². The van der Waals surface area contributed by atoms with E-state index in [0.29, 0.717) is 5.82 Å². The number of rotatable bonds is 5. The number of nitrogen functional groups attached to an aromatic ring is 1. The fourth-order valence-electron chi connectivity index (χ4n) is 0.877. The van der Waals surface area contributed by atoms with Crippen LogP contribution in [-0.2, 0) is 4.74 Å². The molecule has 0 aromatic carbocycles. The molecule has 5 heteroatoms. The SMILES string of the molecule is COCCCNc1cn[nH]c1N. The molecule has 0 saturated carbocycles. The molecule has 0 aliphatic rings. The molecule has 1 aromatic rings. The second-order valence-electron chi connectivity index (χ2n) is 2.47. The quantitative estimate of drug-likeness (QED) is 0.560. The number of H-pyrrole nitrogens is 1. The van der Waals surface area contributed by atoms with Crippen LogP contribution < -0.4 is 11.1 Å². The Balaban J connectivity index is 2.20. The van der Waals surface area contributed by atoms with Crippen LogP contribution in [0.5, 0.6) is 0 Å². The summed E-state index contributed by atoms with van der Waals surface area (Å²) in [5.74, 6) is 0.576. The first kappa shape index (κ1) is 8.86. The maximum Gasteiger partial charge on any atom is 0.142 e. The van der Waals surface area contributed by atoms with Gasteiger partial charge in [0.1, 0.15) is 5.82 Å². The summed E-state index contributed by atoms with van der Waals surface area (Å²) in [5, 5.41) is 9.55. The number of nitrogens with zero attached hydrogens (tertiary/aromatic N) is 1. The van der Waals surface area contributed by atoms with Crippen molar-refractivity contribution in [2.45, 2.75) is 6.42 Å². The molecular weight excluding hydrogens is 156 g/mol. The number of aromatic amines is 1. The minimum absolute atomic E-state index is 0.576. The Morgan fingerprint density at radius 2 is 2.58 bits per heavy atom. The number of aromatic nitrogens is 2. The molecule has 1 heterocycles. The summed E-state index contributed by atoms with van der Waals surface area (Å²) in [6.45, 7) is 1.60. The molecule has 0 aliphatic heterocycles. The summed E-state index contributed by atoms with van der Waals surface area (Å²) < 4.78 is 4.90. The van der Waals surface area contributed by atoms with Crippen molar-refractivity contribution >= 4 is 11.5 Å². The number of nitrogens with one attached hydrogen (secondary N) is 2. The molecule has 5 nitrogen and oxygen atoms in total. The summed E-state index contributed by atoms with van der Waals surface area (Å²) in [5.41, 5.74) is 6.40. The minimum atomic E-state index is 0.576. The molecule has 0 spiro atoms. The molecule has 0 bridgehead atoms. The van der Waals surface area contributed by atoms with E-state index in [1.807, 2.05) is 0 Å². The van der Waals surface area contributed by atoms with Crippen molar-refractivity contribution in [3.8, 4) is 0 Å². The van der Waals surface area contributed by atoms with Gasteiger partial charge in [-0.25, -0.2) is 0 Å². The lowest BCUT2D eigenvalue weighted by molar-refractivity contribution is 0.198. The van der Waals surface area contributed by atoms with Crippen LogP contribution in [0.1, 0.15) is 6.42 Å². The second-order valence-corrected chi connectivity index (χ2v) is 2.47. The predicted octanol–water partition coefficient (Wildman–Crippen LogP) is 0.440. The monoisotopic (exact) mass is 170 g/mol. The Hall–Kier alpha value is -1.23. The fourth-order valence-corrected chi connectivity index (χ4v) is 0.877. The summed E-state index contributed by atoms with van der Waals surface area (Å²) in [6.07, 6.45) is 2.63. The highest BCUT2D eigenvalue weighted by molar-refractivity contribution is 5.59. The molecule has 0 amide bonds. The van der Waals surface area contributed by atoms with E-state index < -0.39 is 0 Å². The Morgan fingerprint density at radius 1 is 1.75 bits per heavy atom. The molecule has 0 atom stereocenters. The van der Waals surface area contributed by atoms with Crippen molar-refractivity contribution in [1.82, 2.24) is 10.2 Å². The maximum atomic E-state index is 5.54. The Bertz CT molecular complexity index is 223. The Kier molecular flexibility index (Phi) is 3.40. The zero-order valence-electron chi connectivity index (χ0n) is 7.13. The van der Waals surface area contributed by atoms with Gasteiger partial charge >= 0.3 is 0 Å². The Labute approximate surface area is 71.3 Å². The number of anilines is 2. The molecule has 12 heavy (non-hydrogen) atoms. The molecule has 0 fully saturated rings. The molecule has 68 valence electrons. The first-order valence-corrected chi connectivity index (χ1v) is 3.86. The van der Waals surface area contributed by atoms with Gasteiger partial charge in [-0.05, 0) is 6.42 Å². The Morgan fingerprint density at radius 3 is 3.17 bits per heavy atom. The van der Waals surface area contributed by atoms with Crippen LogP contribution in [0.3, 0.4) is 0 Å². The molecule has 1 aromatic heterocycles. The van der Waals surface area contributed by atoms with Crippen LogP contribution in [-0.4, -0.2) is 30.5 Å². The van der Waals surface area contributed by atoms with Gasteiger partial charge in [0.15, 0.2) is 0 Å². The van der Waals surface area contributed by atoms with Crippen LogP contribution >= 0.6 is 0 Å². The average Bonchev–Trinajstić information content (AvgIpc) is 2.46. The highest BCUT2D eigenvalue weighted by Crippen LogP contribution is 2.11. The summed E-state index contributed by atoms with van der Waals surface area (Å²) in [6, 6.07) is 0. The molecule has 0 radical (unpaired) electrons. The van der Waals surface area contributed by atoms with E-state index >= 15 is 0 Å². The number of methoxy groups -OCH3 is 1. The van der Waals surface area contributed by atoms with Crippen molar-refractivity contribution in [3.05, 3.63) is 6.20 Å². The zero-order chi connectivity index (χ0) is 8.81. The maximum absolute atomic E-state index is 5.54. The van der Waals surface area contributed by atoms with Crippen LogP contribution in [0, 0.1) is 0 Å². The van der Waals surface area contributed by atoms with Gasteiger partial charge in [0.05, 0.1) is 11.9 Å². The van der Waals surface area contributed by atoms with Crippen molar-refractivity contribution in [2.75, 3.05) is 31.3 Å². The van der Waals surface area contributed by atoms with Gasteiger partial charge < -0.3 is 15.8 Å². The van der Waals surface area contributed by atoms with Gasteiger partial charge in [0.2, 0.25) is 0 Å². The van der Waals surface area contributed by atoms with Gasteiger partial charge in [0, 0.05) is 20.3 Å². The fraction of sp³-hybridized carbons (Fsp3) is 0.571. The van der Waals surface area contributed by atoms with E-state index in [0.717, 1.165) is 25.3 Å². The molecule has 0 unspecified atom stereocenters. The highest BCUT2D eigenvalue weighted by Gasteiger charge is 1.97. The van der Waals surface area contributed by atoms with E-state index in [1.165, 1.54) is 0 Å². The van der Waals surface area contributed by atoms with E-state index in [9.17, 15) is 0 Å². The summed E-state index contributed by atoms with van der Waals surface area (Å²) >= 11 is 0. The van der Waals surface area contributed by atoms with Gasteiger partial charge in [-0.15, -0.1) is 0 Å². The van der Waals surface area contributed by atoms with E-state index in [-0.39, 0.29) is 0 Å². The average molecular weight is 170 g/mol. The third-order valence-electron chi connectivity index (χ3n) is 1.51. The standard InChI is InChI=1S/C7H14N4O/c1-12-4-2-3-9-6-5-10-11-7(6)8/h5,9H,2-4H2,1H3,(H3,8,10,11). The zero-order valence-corrected chi connectivity index (χ0v) is 7.13. The van der Waals surface area contributed by atoms with Crippen LogP contribution in [0.15, 0.2) is 6.20 Å². The lowest BCUT2D eigenvalue weighted by Crippen LogP contribution is -2.05. The normalized spacial score (nSPS) is 10.1. The van der Waals surface area contributed by atoms with Crippen LogP contribution in [0.25, 0.3) is 0 Å². The second kappa shape index (κ2) is 4.61. The first-order valence-electron chi connectivity index (χ1n) is 3.86. The van der Waals surface area contributed by atoms with Crippen molar-refractivity contribution < 1.29 is 4.74 Å².